The first-order chi connectivity index (χ1) is 13.2. The summed E-state index contributed by atoms with van der Waals surface area (Å²) in [6.45, 7) is 8.61. The van der Waals surface area contributed by atoms with E-state index in [1.54, 1.807) is 0 Å². The van der Waals surface area contributed by atoms with Crippen molar-refractivity contribution in [3.05, 3.63) is 45.5 Å². The third-order valence-electron chi connectivity index (χ3n) is 4.21. The average Bonchev–Trinajstić information content (AvgIpc) is 2.70. The van der Waals surface area contributed by atoms with Crippen molar-refractivity contribution in [3.63, 3.8) is 0 Å². The van der Waals surface area contributed by atoms with Gasteiger partial charge in [-0.1, -0.05) is 0 Å². The molecule has 27 heavy (non-hydrogen) atoms. The molecule has 0 amide bonds. The van der Waals surface area contributed by atoms with Gasteiger partial charge in [-0.2, -0.15) is 0 Å². The molecule has 3 rings (SSSR count). The van der Waals surface area contributed by atoms with Crippen molar-refractivity contribution in [2.45, 2.75) is 13.8 Å². The highest BCUT2D eigenvalue weighted by molar-refractivity contribution is 14.1. The lowest BCUT2D eigenvalue weighted by Gasteiger charge is -2.28. The van der Waals surface area contributed by atoms with Gasteiger partial charge in [0.05, 0.1) is 35.7 Å². The Morgan fingerprint density at radius 2 is 1.78 bits per heavy atom. The van der Waals surface area contributed by atoms with Gasteiger partial charge in [0.2, 0.25) is 0 Å². The maximum absolute atomic E-state index is 5.74. The number of hydrogen-bond acceptors (Lipinski definition) is 5. The third kappa shape index (κ3) is 5.35. The van der Waals surface area contributed by atoms with Crippen molar-refractivity contribution in [2.75, 3.05) is 44.4 Å². The van der Waals surface area contributed by atoms with Crippen LogP contribution in [-0.2, 0) is 4.74 Å². The zero-order valence-corrected chi connectivity index (χ0v) is 17.9. The lowest BCUT2D eigenvalue weighted by molar-refractivity contribution is 0.122. The molecule has 0 unspecified atom stereocenters. The molecule has 2 aromatic carbocycles. The molecule has 0 spiro atoms. The Morgan fingerprint density at radius 1 is 1.07 bits per heavy atom. The van der Waals surface area contributed by atoms with Crippen LogP contribution in [0.5, 0.6) is 11.5 Å². The highest BCUT2D eigenvalue weighted by atomic mass is 127. The second kappa shape index (κ2) is 9.94. The van der Waals surface area contributed by atoms with Crippen molar-refractivity contribution in [1.29, 1.82) is 0 Å². The molecule has 0 bridgehead atoms. The summed E-state index contributed by atoms with van der Waals surface area (Å²) in [4.78, 5) is 6.95. The van der Waals surface area contributed by atoms with Gasteiger partial charge in [0.25, 0.3) is 0 Å². The second-order valence-electron chi connectivity index (χ2n) is 6.07. The quantitative estimate of drug-likeness (QED) is 0.427. The molecule has 1 heterocycles. The van der Waals surface area contributed by atoms with E-state index in [2.05, 4.69) is 50.7 Å². The van der Waals surface area contributed by atoms with E-state index < -0.39 is 0 Å². The number of anilines is 1. The summed E-state index contributed by atoms with van der Waals surface area (Å²) in [6.07, 6.45) is 1.87. The van der Waals surface area contributed by atoms with E-state index in [0.717, 1.165) is 52.6 Å². The predicted octanol–water partition coefficient (Wildman–Crippen LogP) is 4.68. The Morgan fingerprint density at radius 3 is 2.44 bits per heavy atom. The minimum atomic E-state index is 0.597. The maximum atomic E-state index is 5.74. The van der Waals surface area contributed by atoms with Gasteiger partial charge < -0.3 is 19.1 Å². The van der Waals surface area contributed by atoms with Crippen LogP contribution in [0.3, 0.4) is 0 Å². The van der Waals surface area contributed by atoms with Gasteiger partial charge in [-0.3, -0.25) is 4.99 Å². The van der Waals surface area contributed by atoms with E-state index in [1.165, 1.54) is 5.69 Å². The molecule has 1 aliphatic heterocycles. The van der Waals surface area contributed by atoms with E-state index in [4.69, 9.17) is 14.2 Å². The molecule has 0 atom stereocenters. The number of nitrogens with zero attached hydrogens (tertiary/aromatic N) is 2. The largest absolute Gasteiger partial charge is 0.490 e. The number of ether oxygens (including phenoxy) is 3. The highest BCUT2D eigenvalue weighted by Gasteiger charge is 2.12. The van der Waals surface area contributed by atoms with Crippen LogP contribution in [0.4, 0.5) is 11.4 Å². The smallest absolute Gasteiger partial charge is 0.174 e. The Hall–Kier alpha value is -1.80. The van der Waals surface area contributed by atoms with E-state index in [0.29, 0.717) is 13.2 Å². The standard InChI is InChI=1S/C21H25IN2O3/c1-3-26-20-14-16(13-19(22)21(20)27-4-2)15-23-17-5-7-18(8-6-17)24-9-11-25-12-10-24/h5-8,13-15H,3-4,9-12H2,1-2H3. The first kappa shape index (κ1) is 19.9. The van der Waals surface area contributed by atoms with Crippen LogP contribution in [0.1, 0.15) is 19.4 Å². The summed E-state index contributed by atoms with van der Waals surface area (Å²) in [7, 11) is 0. The third-order valence-corrected chi connectivity index (χ3v) is 5.01. The van der Waals surface area contributed by atoms with Crippen LogP contribution < -0.4 is 14.4 Å². The number of benzene rings is 2. The molecular formula is C21H25IN2O3. The van der Waals surface area contributed by atoms with Crippen molar-refractivity contribution in [2.24, 2.45) is 4.99 Å². The van der Waals surface area contributed by atoms with Crippen molar-refractivity contribution < 1.29 is 14.2 Å². The summed E-state index contributed by atoms with van der Waals surface area (Å²) in [5.41, 5.74) is 3.13. The van der Waals surface area contributed by atoms with Crippen LogP contribution in [0.25, 0.3) is 0 Å². The topological polar surface area (TPSA) is 43.3 Å². The monoisotopic (exact) mass is 480 g/mol. The number of aliphatic imine (C=N–C) groups is 1. The molecular weight excluding hydrogens is 455 g/mol. The highest BCUT2D eigenvalue weighted by Crippen LogP contribution is 2.34. The Bertz CT molecular complexity index is 772. The van der Waals surface area contributed by atoms with Crippen molar-refractivity contribution in [1.82, 2.24) is 0 Å². The van der Waals surface area contributed by atoms with Crippen LogP contribution >= 0.6 is 22.6 Å². The molecule has 0 saturated carbocycles. The normalized spacial score (nSPS) is 14.6. The number of morpholine rings is 1. The van der Waals surface area contributed by atoms with E-state index >= 15 is 0 Å². The molecule has 0 aromatic heterocycles. The first-order valence-corrected chi connectivity index (χ1v) is 10.3. The Kier molecular flexibility index (Phi) is 7.34. The van der Waals surface area contributed by atoms with Crippen molar-refractivity contribution in [3.8, 4) is 11.5 Å². The average molecular weight is 480 g/mol. The van der Waals surface area contributed by atoms with Gasteiger partial charge in [0.15, 0.2) is 11.5 Å². The van der Waals surface area contributed by atoms with Gasteiger partial charge in [0, 0.05) is 25.0 Å². The molecule has 0 aliphatic carbocycles. The number of halogens is 1. The molecule has 1 aliphatic rings. The maximum Gasteiger partial charge on any atom is 0.174 e. The zero-order chi connectivity index (χ0) is 19.1. The lowest BCUT2D eigenvalue weighted by Crippen LogP contribution is -2.36. The summed E-state index contributed by atoms with van der Waals surface area (Å²) in [5.74, 6) is 1.56. The Labute approximate surface area is 174 Å². The first-order valence-electron chi connectivity index (χ1n) is 9.27. The lowest BCUT2D eigenvalue weighted by atomic mass is 10.2. The van der Waals surface area contributed by atoms with E-state index in [9.17, 15) is 0 Å². The molecule has 1 fully saturated rings. The fourth-order valence-electron chi connectivity index (χ4n) is 2.93. The summed E-state index contributed by atoms with van der Waals surface area (Å²) >= 11 is 2.28. The Balaban J connectivity index is 1.74. The fraction of sp³-hybridized carbons (Fsp3) is 0.381. The van der Waals surface area contributed by atoms with Gasteiger partial charge in [0.1, 0.15) is 0 Å². The van der Waals surface area contributed by atoms with E-state index in [-0.39, 0.29) is 0 Å². The molecule has 1 saturated heterocycles. The molecule has 2 aromatic rings. The fourth-order valence-corrected chi connectivity index (χ4v) is 3.71. The van der Waals surface area contributed by atoms with Gasteiger partial charge in [-0.05, 0) is 78.4 Å². The molecule has 0 N–H and O–H groups in total. The SMILES string of the molecule is CCOc1cc(C=Nc2ccc(N3CCOCC3)cc2)cc(I)c1OCC. The van der Waals surface area contributed by atoms with Crippen LogP contribution in [-0.4, -0.2) is 45.7 Å². The van der Waals surface area contributed by atoms with Gasteiger partial charge >= 0.3 is 0 Å². The van der Waals surface area contributed by atoms with Crippen molar-refractivity contribution >= 4 is 40.2 Å². The molecule has 5 nitrogen and oxygen atoms in total. The minimum absolute atomic E-state index is 0.597. The number of rotatable bonds is 7. The van der Waals surface area contributed by atoms with Crippen LogP contribution in [0, 0.1) is 3.57 Å². The van der Waals surface area contributed by atoms with Gasteiger partial charge in [-0.25, -0.2) is 0 Å². The van der Waals surface area contributed by atoms with Crippen LogP contribution in [0.15, 0.2) is 41.4 Å². The second-order valence-corrected chi connectivity index (χ2v) is 7.23. The number of hydrogen-bond donors (Lipinski definition) is 0. The summed E-state index contributed by atoms with van der Waals surface area (Å²) in [6, 6.07) is 12.4. The molecule has 144 valence electrons. The summed E-state index contributed by atoms with van der Waals surface area (Å²) in [5, 5.41) is 0. The van der Waals surface area contributed by atoms with Gasteiger partial charge in [-0.15, -0.1) is 0 Å². The summed E-state index contributed by atoms with van der Waals surface area (Å²) < 4.78 is 17.9. The van der Waals surface area contributed by atoms with E-state index in [1.807, 2.05) is 38.3 Å². The van der Waals surface area contributed by atoms with Crippen LogP contribution in [0.2, 0.25) is 0 Å². The predicted molar refractivity (Wildman–Crippen MR) is 118 cm³/mol. The zero-order valence-electron chi connectivity index (χ0n) is 15.8. The minimum Gasteiger partial charge on any atom is -0.490 e. The molecule has 0 radical (unpaired) electrons. The molecule has 6 heteroatoms.